The summed E-state index contributed by atoms with van der Waals surface area (Å²) in [7, 11) is 0. The van der Waals surface area contributed by atoms with Crippen molar-refractivity contribution in [3.8, 4) is 0 Å². The average molecular weight is 375 g/mol. The van der Waals surface area contributed by atoms with Crippen molar-refractivity contribution in [3.05, 3.63) is 57.9 Å². The van der Waals surface area contributed by atoms with Gasteiger partial charge in [-0.3, -0.25) is 9.59 Å². The molecule has 1 atom stereocenters. The highest BCUT2D eigenvalue weighted by Gasteiger charge is 2.45. The molecule has 1 amide bonds. The van der Waals surface area contributed by atoms with Crippen LogP contribution in [0.25, 0.3) is 0 Å². The number of amides is 1. The van der Waals surface area contributed by atoms with Gasteiger partial charge in [0.15, 0.2) is 5.76 Å². The molecular weight excluding hydrogens is 354 g/mol. The van der Waals surface area contributed by atoms with Gasteiger partial charge in [-0.1, -0.05) is 6.07 Å². The van der Waals surface area contributed by atoms with Crippen molar-refractivity contribution in [1.29, 1.82) is 0 Å². The first-order valence-electron chi connectivity index (χ1n) is 8.48. The molecule has 7 heteroatoms. The molecule has 0 aliphatic carbocycles. The van der Waals surface area contributed by atoms with Gasteiger partial charge in [-0.05, 0) is 43.8 Å². The van der Waals surface area contributed by atoms with Crippen molar-refractivity contribution >= 4 is 23.0 Å². The summed E-state index contributed by atoms with van der Waals surface area (Å²) < 4.78 is 11.0. The van der Waals surface area contributed by atoms with Crippen molar-refractivity contribution in [2.45, 2.75) is 32.4 Å². The number of hydrogen-bond donors (Lipinski definition) is 1. The second-order valence-corrected chi connectivity index (χ2v) is 7.21. The maximum absolute atomic E-state index is 12.9. The lowest BCUT2D eigenvalue weighted by Gasteiger charge is -2.24. The van der Waals surface area contributed by atoms with Gasteiger partial charge in [-0.15, -0.1) is 11.3 Å². The van der Waals surface area contributed by atoms with Crippen LogP contribution in [-0.2, 0) is 9.53 Å². The van der Waals surface area contributed by atoms with Crippen LogP contribution in [0.4, 0.5) is 0 Å². The van der Waals surface area contributed by atoms with E-state index in [9.17, 15) is 14.7 Å². The Hall–Kier alpha value is -2.38. The summed E-state index contributed by atoms with van der Waals surface area (Å²) >= 11 is 1.27. The summed E-state index contributed by atoms with van der Waals surface area (Å²) in [6, 6.07) is 6.11. The number of carbonyl (C=O) groups is 2. The first-order chi connectivity index (χ1) is 12.5. The zero-order valence-corrected chi connectivity index (χ0v) is 15.5. The van der Waals surface area contributed by atoms with Crippen LogP contribution in [0.2, 0.25) is 0 Å². The Morgan fingerprint density at radius 1 is 1.38 bits per heavy atom. The molecule has 3 rings (SSSR count). The van der Waals surface area contributed by atoms with Gasteiger partial charge < -0.3 is 19.2 Å². The highest BCUT2D eigenvalue weighted by atomic mass is 32.1. The van der Waals surface area contributed by atoms with Gasteiger partial charge in [0, 0.05) is 13.2 Å². The normalized spacial score (nSPS) is 17.6. The molecule has 26 heavy (non-hydrogen) atoms. The topological polar surface area (TPSA) is 80.0 Å². The lowest BCUT2D eigenvalue weighted by atomic mass is 10.00. The number of ether oxygens (including phenoxy) is 1. The van der Waals surface area contributed by atoms with E-state index in [4.69, 9.17) is 9.15 Å². The van der Waals surface area contributed by atoms with Crippen LogP contribution >= 0.6 is 11.3 Å². The third-order valence-corrected chi connectivity index (χ3v) is 4.97. The molecule has 138 valence electrons. The number of carbonyl (C=O) groups excluding carboxylic acids is 2. The summed E-state index contributed by atoms with van der Waals surface area (Å²) in [6.45, 7) is 4.72. The number of ketones is 1. The van der Waals surface area contributed by atoms with E-state index in [-0.39, 0.29) is 17.5 Å². The maximum atomic E-state index is 12.9. The Morgan fingerprint density at radius 2 is 2.19 bits per heavy atom. The van der Waals surface area contributed by atoms with Crippen molar-refractivity contribution in [3.63, 3.8) is 0 Å². The summed E-state index contributed by atoms with van der Waals surface area (Å²) in [4.78, 5) is 27.4. The number of aliphatic hydroxyl groups excluding tert-OH is 1. The zero-order chi connectivity index (χ0) is 18.7. The molecule has 0 spiro atoms. The molecule has 0 fully saturated rings. The van der Waals surface area contributed by atoms with Crippen LogP contribution in [-0.4, -0.2) is 41.0 Å². The van der Waals surface area contributed by atoms with Crippen LogP contribution in [0.3, 0.4) is 0 Å². The van der Waals surface area contributed by atoms with E-state index in [2.05, 4.69) is 0 Å². The molecule has 2 aromatic heterocycles. The van der Waals surface area contributed by atoms with Crippen LogP contribution < -0.4 is 0 Å². The summed E-state index contributed by atoms with van der Waals surface area (Å²) in [5.74, 6) is -0.967. The lowest BCUT2D eigenvalue weighted by Crippen LogP contribution is -2.32. The van der Waals surface area contributed by atoms with Crippen molar-refractivity contribution in [2.24, 2.45) is 0 Å². The molecule has 1 aliphatic heterocycles. The summed E-state index contributed by atoms with van der Waals surface area (Å²) in [5.41, 5.74) is 0.0668. The number of furan rings is 1. The molecule has 6 nitrogen and oxygen atoms in total. The maximum Gasteiger partial charge on any atom is 0.290 e. The molecular formula is C19H21NO5S. The highest BCUT2D eigenvalue weighted by Crippen LogP contribution is 2.39. The minimum atomic E-state index is -0.730. The van der Waals surface area contributed by atoms with E-state index in [0.29, 0.717) is 30.2 Å². The summed E-state index contributed by atoms with van der Waals surface area (Å²) in [5, 5.41) is 12.2. The van der Waals surface area contributed by atoms with E-state index >= 15 is 0 Å². The minimum absolute atomic E-state index is 0.0668. The van der Waals surface area contributed by atoms with Crippen LogP contribution in [0.5, 0.6) is 0 Å². The molecule has 1 N–H and O–H groups in total. The SMILES string of the molecule is CC(C)OCCCN1C(=O)C(O)=C(C(=O)c2cccs2)C1c1ccco1. The molecule has 0 aromatic carbocycles. The van der Waals surface area contributed by atoms with E-state index in [0.717, 1.165) is 0 Å². The van der Waals surface area contributed by atoms with Gasteiger partial charge >= 0.3 is 0 Å². The van der Waals surface area contributed by atoms with Crippen LogP contribution in [0.15, 0.2) is 51.7 Å². The predicted octanol–water partition coefficient (Wildman–Crippen LogP) is 3.73. The van der Waals surface area contributed by atoms with Crippen molar-refractivity contribution in [2.75, 3.05) is 13.2 Å². The first kappa shape index (κ1) is 18.4. The fourth-order valence-corrected chi connectivity index (χ4v) is 3.63. The number of Topliss-reactive ketones (excluding diaryl/α,β-unsaturated/α-hetero) is 1. The molecule has 0 saturated carbocycles. The van der Waals surface area contributed by atoms with Gasteiger partial charge in [0.1, 0.15) is 11.8 Å². The van der Waals surface area contributed by atoms with E-state index in [1.54, 1.807) is 29.6 Å². The standard InChI is InChI=1S/C19H21NO5S/c1-12(2)24-10-5-8-20-16(13-6-3-9-25-13)15(18(22)19(20)23)17(21)14-7-4-11-26-14/h3-4,6-7,9,11-12,16,22H,5,8,10H2,1-2H3. The van der Waals surface area contributed by atoms with Crippen molar-refractivity contribution < 1.29 is 23.8 Å². The largest absolute Gasteiger partial charge is 0.503 e. The van der Waals surface area contributed by atoms with Gasteiger partial charge in [0.25, 0.3) is 5.91 Å². The molecule has 1 unspecified atom stereocenters. The number of thiophene rings is 1. The summed E-state index contributed by atoms with van der Waals surface area (Å²) in [6.07, 6.45) is 2.19. The fraction of sp³-hybridized carbons (Fsp3) is 0.368. The van der Waals surface area contributed by atoms with Gasteiger partial charge in [-0.2, -0.15) is 0 Å². The van der Waals surface area contributed by atoms with E-state index in [1.165, 1.54) is 22.5 Å². The monoisotopic (exact) mass is 375 g/mol. The van der Waals surface area contributed by atoms with E-state index in [1.807, 2.05) is 13.8 Å². The number of rotatable bonds is 8. The Bertz CT molecular complexity index is 792. The minimum Gasteiger partial charge on any atom is -0.503 e. The zero-order valence-electron chi connectivity index (χ0n) is 14.7. The van der Waals surface area contributed by atoms with Gasteiger partial charge in [-0.25, -0.2) is 0 Å². The second kappa shape index (κ2) is 7.88. The smallest absolute Gasteiger partial charge is 0.290 e. The molecule has 1 aliphatic rings. The quantitative estimate of drug-likeness (QED) is 0.562. The Balaban J connectivity index is 1.87. The highest BCUT2D eigenvalue weighted by molar-refractivity contribution is 7.12. The van der Waals surface area contributed by atoms with Gasteiger partial charge in [0.05, 0.1) is 22.8 Å². The van der Waals surface area contributed by atoms with E-state index < -0.39 is 17.7 Å². The average Bonchev–Trinajstić information content (AvgIpc) is 3.34. The third kappa shape index (κ3) is 3.59. The van der Waals surface area contributed by atoms with Gasteiger partial charge in [0.2, 0.25) is 5.78 Å². The predicted molar refractivity (Wildman–Crippen MR) is 97.2 cm³/mol. The van der Waals surface area contributed by atoms with Crippen molar-refractivity contribution in [1.82, 2.24) is 4.90 Å². The molecule has 2 aromatic rings. The fourth-order valence-electron chi connectivity index (χ4n) is 2.95. The van der Waals surface area contributed by atoms with Crippen LogP contribution in [0.1, 0.15) is 41.7 Å². The lowest BCUT2D eigenvalue weighted by molar-refractivity contribution is -0.129. The molecule has 0 radical (unpaired) electrons. The van der Waals surface area contributed by atoms with Crippen LogP contribution in [0, 0.1) is 0 Å². The first-order valence-corrected chi connectivity index (χ1v) is 9.36. The second-order valence-electron chi connectivity index (χ2n) is 6.26. The molecule has 0 saturated heterocycles. The number of hydrogen-bond acceptors (Lipinski definition) is 6. The Morgan fingerprint density at radius 3 is 2.81 bits per heavy atom. The third-order valence-electron chi connectivity index (χ3n) is 4.10. The number of aliphatic hydroxyl groups is 1. The molecule has 3 heterocycles. The Kier molecular flexibility index (Phi) is 5.58. The Labute approximate surface area is 155 Å². The molecule has 0 bridgehead atoms. The number of nitrogens with zero attached hydrogens (tertiary/aromatic N) is 1.